The summed E-state index contributed by atoms with van der Waals surface area (Å²) in [5, 5.41) is 23.5. The first-order chi connectivity index (χ1) is 41.6. The first kappa shape index (κ1) is 51.9. The molecule has 85 heavy (non-hydrogen) atoms. The number of hydrogen-bond donors (Lipinski definition) is 0. The third-order valence-electron chi connectivity index (χ3n) is 27.2. The second kappa shape index (κ2) is 17.1. The van der Waals surface area contributed by atoms with Crippen LogP contribution in [0.1, 0.15) is 54.2 Å². The average Bonchev–Trinajstić information content (AvgIpc) is 1.41. The van der Waals surface area contributed by atoms with Crippen molar-refractivity contribution in [2.45, 2.75) is 74.0 Å². The summed E-state index contributed by atoms with van der Waals surface area (Å²) in [5.74, 6) is -0.0242. The predicted octanol–water partition coefficient (Wildman–Crippen LogP) is 9.97. The highest BCUT2D eigenvalue weighted by Crippen LogP contribution is 2.98. The maximum Gasteiger partial charge on any atom is 0.242 e. The minimum Gasteiger partial charge on any atom is -0.496 e. The Kier molecular flexibility index (Phi) is 10.4. The number of carbonyl (C=O) groups is 2. The zero-order chi connectivity index (χ0) is 57.7. The van der Waals surface area contributed by atoms with E-state index < -0.39 is 62.5 Å². The Morgan fingerprint density at radius 2 is 1.09 bits per heavy atom. The van der Waals surface area contributed by atoms with Gasteiger partial charge in [0.05, 0.1) is 63.6 Å². The van der Waals surface area contributed by atoms with Gasteiger partial charge in [-0.2, -0.15) is 10.5 Å². The van der Waals surface area contributed by atoms with Gasteiger partial charge in [-0.15, -0.1) is 0 Å². The largest absolute Gasteiger partial charge is 0.496 e. The molecule has 13 aliphatic rings. The maximum absolute atomic E-state index is 17.1. The summed E-state index contributed by atoms with van der Waals surface area (Å²) in [6.45, 7) is 1.93. The van der Waals surface area contributed by atoms with Crippen LogP contribution in [0.4, 0.5) is 0 Å². The van der Waals surface area contributed by atoms with E-state index in [0.717, 1.165) is 64.5 Å². The van der Waals surface area contributed by atoms with Crippen molar-refractivity contribution in [2.75, 3.05) is 75.6 Å². The van der Waals surface area contributed by atoms with Crippen LogP contribution in [0.25, 0.3) is 33.0 Å². The van der Waals surface area contributed by atoms with Gasteiger partial charge < -0.3 is 37.9 Å². The zero-order valence-electron chi connectivity index (χ0n) is 49.0. The Bertz CT molecular complexity index is 3870. The molecule has 0 radical (unpaired) electrons. The number of likely N-dealkylation sites (tertiary alicyclic amines) is 1. The molecule has 6 unspecified atom stereocenters. The highest BCUT2D eigenvalue weighted by molar-refractivity contribution is 6.14. The predicted molar refractivity (Wildman–Crippen MR) is 311 cm³/mol. The molecule has 434 valence electrons. The van der Waals surface area contributed by atoms with Gasteiger partial charge in [-0.3, -0.25) is 14.5 Å². The third-order valence-corrected chi connectivity index (χ3v) is 27.2. The van der Waals surface area contributed by atoms with Crippen molar-refractivity contribution in [2.24, 2.45) is 85.8 Å². The SMILES string of the molecule is COC[C@@]12C3C([C@@H]4O[C@H]3[C@]35C(=O)N(CCc6ccccc6)C(=O)[C@]43[C@@H]3O[C@H]5C4C3[C@@]3(COC)[C@@H]5C[C@@H](C6C5[C@]5(OC)CC[C@H]6C5=C(C#N)C#N)[C@@]43COC)[C@]1(COC)[C@H]1C[C@@H]2c2c1c(-c1ccccc1)c1c(OC)cccc1c2-c1ccccc1. The molecule has 18 rings (SSSR count). The lowest BCUT2D eigenvalue weighted by Gasteiger charge is -2.78. The van der Waals surface area contributed by atoms with Crippen LogP contribution in [0.2, 0.25) is 0 Å². The van der Waals surface area contributed by atoms with Crippen molar-refractivity contribution in [3.8, 4) is 40.1 Å². The average molecular weight is 1140 g/mol. The van der Waals surface area contributed by atoms with Crippen molar-refractivity contribution < 1.29 is 47.5 Å². The Morgan fingerprint density at radius 1 is 0.588 bits per heavy atom. The number of amides is 2. The van der Waals surface area contributed by atoms with Gasteiger partial charge in [0.1, 0.15) is 34.3 Å². The van der Waals surface area contributed by atoms with E-state index in [-0.39, 0.29) is 89.0 Å². The molecular formula is C72H71N3O10. The Hall–Kier alpha value is -6.26. The molecule has 22 atom stereocenters. The number of fused-ring (bicyclic) bond motifs is 35. The topological polar surface area (TPSA) is 159 Å². The summed E-state index contributed by atoms with van der Waals surface area (Å²) < 4.78 is 56.1. The fourth-order valence-corrected chi connectivity index (χ4v) is 26.3. The molecule has 13 nitrogen and oxygen atoms in total. The molecule has 5 aliphatic heterocycles. The van der Waals surface area contributed by atoms with Gasteiger partial charge in [0.2, 0.25) is 11.8 Å². The van der Waals surface area contributed by atoms with Gasteiger partial charge in [-0.05, 0) is 129 Å². The zero-order valence-corrected chi connectivity index (χ0v) is 49.0. The summed E-state index contributed by atoms with van der Waals surface area (Å²) in [7, 11) is 10.8. The first-order valence-corrected chi connectivity index (χ1v) is 31.2. The smallest absolute Gasteiger partial charge is 0.242 e. The van der Waals surface area contributed by atoms with Crippen LogP contribution in [0.3, 0.4) is 0 Å². The van der Waals surface area contributed by atoms with Crippen LogP contribution in [-0.4, -0.2) is 122 Å². The van der Waals surface area contributed by atoms with Crippen molar-refractivity contribution in [3.05, 3.63) is 137 Å². The van der Waals surface area contributed by atoms with Crippen molar-refractivity contribution in [3.63, 3.8) is 0 Å². The Labute approximate surface area is 495 Å². The van der Waals surface area contributed by atoms with Crippen LogP contribution in [0, 0.1) is 108 Å². The van der Waals surface area contributed by atoms with Crippen LogP contribution in [0.5, 0.6) is 5.75 Å². The van der Waals surface area contributed by atoms with Crippen molar-refractivity contribution in [1.82, 2.24) is 4.90 Å². The summed E-state index contributed by atoms with van der Waals surface area (Å²) in [6.07, 6.45) is 1.21. The molecule has 5 heterocycles. The highest BCUT2D eigenvalue weighted by atomic mass is 16.6. The summed E-state index contributed by atoms with van der Waals surface area (Å²) in [4.78, 5) is 36.0. The third kappa shape index (κ3) is 5.00. The number of imide groups is 1. The first-order valence-electron chi connectivity index (χ1n) is 31.2. The number of nitriles is 2. The minimum atomic E-state index is -1.36. The number of ether oxygens (including phenoxy) is 8. The summed E-state index contributed by atoms with van der Waals surface area (Å²) in [5.41, 5.74) is 3.67. The molecule has 5 aromatic carbocycles. The quantitative estimate of drug-likeness (QED) is 0.0424. The fraction of sp³-hybridized carbons (Fsp3) is 0.528. The Balaban J connectivity index is 0.878. The molecule has 0 spiro atoms. The number of rotatable bonds is 15. The van der Waals surface area contributed by atoms with Gasteiger partial charge in [-0.1, -0.05) is 103 Å². The van der Waals surface area contributed by atoms with Crippen LogP contribution in [-0.2, 0) is 49.2 Å². The van der Waals surface area contributed by atoms with Gasteiger partial charge >= 0.3 is 0 Å². The molecule has 13 heteroatoms. The highest BCUT2D eigenvalue weighted by Gasteiger charge is 3.06. The van der Waals surface area contributed by atoms with Crippen molar-refractivity contribution in [1.29, 1.82) is 10.5 Å². The molecule has 12 fully saturated rings. The van der Waals surface area contributed by atoms with Gasteiger partial charge in [0, 0.05) is 92.8 Å². The molecule has 7 saturated carbocycles. The van der Waals surface area contributed by atoms with Gasteiger partial charge in [0.15, 0.2) is 0 Å². The van der Waals surface area contributed by atoms with Crippen LogP contribution >= 0.6 is 0 Å². The second-order valence-corrected chi connectivity index (χ2v) is 28.0. The molecule has 0 N–H and O–H groups in total. The minimum absolute atomic E-state index is 0.00827. The number of nitrogens with zero attached hydrogens (tertiary/aromatic N) is 3. The van der Waals surface area contributed by atoms with E-state index in [9.17, 15) is 10.5 Å². The lowest BCUT2D eigenvalue weighted by molar-refractivity contribution is -0.334. The molecule has 2 amide bonds. The monoisotopic (exact) mass is 1140 g/mol. The molecule has 0 aromatic heterocycles. The van der Waals surface area contributed by atoms with Crippen LogP contribution < -0.4 is 4.74 Å². The van der Waals surface area contributed by atoms with E-state index in [0.29, 0.717) is 32.8 Å². The van der Waals surface area contributed by atoms with Crippen LogP contribution in [0.15, 0.2) is 120 Å². The standard InChI is InChI=1S/C72H71N3O10/c1-78-33-66-43-30-46(55-50(43)42-25-27-70(55,83-6)54(42)40(31-73)32-74)69(66,36-81-4)59-58(66)62-71-60-56-57(61(84-60)72(71,63(59)85-62)65(77)75(64(71)76)28-26-37-17-10-7-11-18-37)68(35-80-3)45-29-44(67(56,68)34-79-2)52-48(38-19-12-8-13-20-38)41-23-16-24-47(82-5)51(41)49(53(45)52)39-21-14-9-15-22-39/h7-24,42-46,50,55-63H,25-30,33-36H2,1-6H3/t42-,43+,44-,45+,46-,50?,55?,56?,57?,58?,59?,60-,61+,62+,63-,66+,67-,68+,69-,70+,71+,72-/m1/s1. The lowest BCUT2D eigenvalue weighted by atomic mass is 9.22. The van der Waals surface area contributed by atoms with E-state index in [2.05, 4.69) is 103 Å². The number of benzene rings is 5. The molecule has 10 bridgehead atoms. The van der Waals surface area contributed by atoms with E-state index in [4.69, 9.17) is 37.9 Å². The molecule has 5 aromatic rings. The fourth-order valence-electron chi connectivity index (χ4n) is 26.3. The van der Waals surface area contributed by atoms with Gasteiger partial charge in [-0.25, -0.2) is 0 Å². The van der Waals surface area contributed by atoms with Gasteiger partial charge in [0.25, 0.3) is 0 Å². The normalized spacial score (nSPS) is 44.3. The maximum atomic E-state index is 17.1. The molecule has 5 saturated heterocycles. The van der Waals surface area contributed by atoms with Crippen molar-refractivity contribution >= 4 is 22.6 Å². The molecule has 8 aliphatic carbocycles. The number of carbonyl (C=O) groups excluding carboxylic acids is 2. The number of allylic oxidation sites excluding steroid dienone is 1. The second-order valence-electron chi connectivity index (χ2n) is 28.0. The number of hydrogen-bond acceptors (Lipinski definition) is 12. The van der Waals surface area contributed by atoms with E-state index in [1.807, 2.05) is 39.5 Å². The molecular weight excluding hydrogens is 1070 g/mol. The number of methoxy groups -OCH3 is 6. The lowest BCUT2D eigenvalue weighted by Crippen LogP contribution is -2.85. The Morgan fingerprint density at radius 3 is 1.62 bits per heavy atom. The summed E-state index contributed by atoms with van der Waals surface area (Å²) in [6, 6.07) is 43.0. The van der Waals surface area contributed by atoms with E-state index in [1.165, 1.54) is 22.3 Å². The van der Waals surface area contributed by atoms with E-state index in [1.54, 1.807) is 26.2 Å². The summed E-state index contributed by atoms with van der Waals surface area (Å²) >= 11 is 0. The van der Waals surface area contributed by atoms with E-state index >= 15 is 9.59 Å².